The molecule has 5 aromatic rings. The van der Waals surface area contributed by atoms with Gasteiger partial charge in [0.2, 0.25) is 0 Å². The highest BCUT2D eigenvalue weighted by Crippen LogP contribution is 2.36. The molecule has 11 heteroatoms. The lowest BCUT2D eigenvalue weighted by Crippen LogP contribution is -2.29. The van der Waals surface area contributed by atoms with Crippen LogP contribution in [0.15, 0.2) is 47.0 Å². The Balaban J connectivity index is 0.00000253. The molecule has 0 aliphatic carbocycles. The molecule has 0 unspecified atom stereocenters. The zero-order chi connectivity index (χ0) is 23.1. The van der Waals surface area contributed by atoms with Gasteiger partial charge in [-0.3, -0.25) is 4.79 Å². The number of aromatic nitrogens is 6. The van der Waals surface area contributed by atoms with Crippen molar-refractivity contribution >= 4 is 57.6 Å². The maximum absolute atomic E-state index is 13.3. The fourth-order valence-corrected chi connectivity index (χ4v) is 5.37. The zero-order valence-electron chi connectivity index (χ0n) is 19.2. The minimum atomic E-state index is -0.210. The van der Waals surface area contributed by atoms with Gasteiger partial charge in [0.05, 0.1) is 39.2 Å². The molecule has 0 spiro atoms. The van der Waals surface area contributed by atoms with Crippen molar-refractivity contribution in [2.45, 2.75) is 32.2 Å². The molecule has 0 radical (unpaired) electrons. The van der Waals surface area contributed by atoms with Crippen molar-refractivity contribution < 1.29 is 0 Å². The summed E-state index contributed by atoms with van der Waals surface area (Å²) in [6.45, 7) is 4.00. The van der Waals surface area contributed by atoms with Gasteiger partial charge in [0.15, 0.2) is 0 Å². The smallest absolute Gasteiger partial charge is 0.261 e. The van der Waals surface area contributed by atoms with Crippen molar-refractivity contribution in [1.29, 1.82) is 0 Å². The Bertz CT molecular complexity index is 1520. The standard InChI is InChI=1S/C24H24N8OS.H2S/c1-14(22-25-7-5-8-26-22)28-20-19(24(33)31-15-6-11-34-21(15)20)23-29-16-12-18(27-13-17(16)30-23)32-9-3-2-4-10-32;/h5-8,11-14H,2-4,9-10H2,1H3,(H,29,30)(H2,28,31,33);1H2/t14-;/m0./s1. The van der Waals surface area contributed by atoms with E-state index in [0.29, 0.717) is 17.2 Å². The number of nitrogens with one attached hydrogen (secondary N) is 3. The van der Waals surface area contributed by atoms with Crippen LogP contribution in [0.5, 0.6) is 0 Å². The lowest BCUT2D eigenvalue weighted by Gasteiger charge is -2.27. The zero-order valence-corrected chi connectivity index (χ0v) is 21.0. The van der Waals surface area contributed by atoms with Gasteiger partial charge in [0, 0.05) is 31.5 Å². The maximum atomic E-state index is 13.3. The number of hydrogen-bond donors (Lipinski definition) is 3. The van der Waals surface area contributed by atoms with E-state index in [2.05, 4.69) is 35.1 Å². The van der Waals surface area contributed by atoms with Crippen LogP contribution in [-0.2, 0) is 0 Å². The van der Waals surface area contributed by atoms with E-state index in [1.54, 1.807) is 36.0 Å². The molecule has 6 heterocycles. The number of rotatable bonds is 5. The molecular weight excluding hydrogens is 480 g/mol. The summed E-state index contributed by atoms with van der Waals surface area (Å²) in [6.07, 6.45) is 8.86. The predicted molar refractivity (Wildman–Crippen MR) is 146 cm³/mol. The summed E-state index contributed by atoms with van der Waals surface area (Å²) in [6, 6.07) is 5.50. The Morgan fingerprint density at radius 3 is 2.69 bits per heavy atom. The highest BCUT2D eigenvalue weighted by Gasteiger charge is 2.22. The van der Waals surface area contributed by atoms with Crippen LogP contribution in [-0.4, -0.2) is 43.0 Å². The van der Waals surface area contributed by atoms with E-state index < -0.39 is 0 Å². The van der Waals surface area contributed by atoms with Crippen molar-refractivity contribution in [3.8, 4) is 11.4 Å². The maximum Gasteiger partial charge on any atom is 0.261 e. The molecule has 9 nitrogen and oxygen atoms in total. The van der Waals surface area contributed by atoms with Crippen molar-refractivity contribution in [2.75, 3.05) is 23.3 Å². The lowest BCUT2D eigenvalue weighted by atomic mass is 10.1. The van der Waals surface area contributed by atoms with Gasteiger partial charge in [-0.25, -0.2) is 19.9 Å². The fourth-order valence-electron chi connectivity index (χ4n) is 4.51. The molecule has 1 fully saturated rings. The first-order valence-electron chi connectivity index (χ1n) is 11.5. The summed E-state index contributed by atoms with van der Waals surface area (Å²) in [5.74, 6) is 2.09. The van der Waals surface area contributed by atoms with E-state index in [9.17, 15) is 4.79 Å². The number of fused-ring (bicyclic) bond motifs is 2. The van der Waals surface area contributed by atoms with Crippen LogP contribution in [0.25, 0.3) is 32.6 Å². The number of nitrogens with zero attached hydrogens (tertiary/aromatic N) is 5. The van der Waals surface area contributed by atoms with Crippen molar-refractivity contribution in [1.82, 2.24) is 29.9 Å². The normalized spacial score (nSPS) is 14.7. The molecule has 6 rings (SSSR count). The highest BCUT2D eigenvalue weighted by atomic mass is 32.1. The monoisotopic (exact) mass is 506 g/mol. The average Bonchev–Trinajstić information content (AvgIpc) is 3.51. The van der Waals surface area contributed by atoms with Crippen molar-refractivity contribution in [3.05, 3.63) is 58.3 Å². The van der Waals surface area contributed by atoms with Crippen molar-refractivity contribution in [3.63, 3.8) is 0 Å². The van der Waals surface area contributed by atoms with E-state index >= 15 is 0 Å². The van der Waals surface area contributed by atoms with Gasteiger partial charge in [-0.15, -0.1) is 11.3 Å². The van der Waals surface area contributed by atoms with E-state index in [4.69, 9.17) is 4.98 Å². The Kier molecular flexibility index (Phi) is 6.44. The molecule has 0 amide bonds. The Morgan fingerprint density at radius 1 is 1.09 bits per heavy atom. The largest absolute Gasteiger partial charge is 0.373 e. The number of hydrogen-bond acceptors (Lipinski definition) is 8. The molecule has 0 aromatic carbocycles. The Morgan fingerprint density at radius 2 is 1.89 bits per heavy atom. The van der Waals surface area contributed by atoms with Crippen LogP contribution in [0.3, 0.4) is 0 Å². The molecule has 1 aliphatic rings. The topological polar surface area (TPSA) is 115 Å². The number of pyridine rings is 2. The molecule has 5 aromatic heterocycles. The third-order valence-corrected chi connectivity index (χ3v) is 7.15. The SMILES string of the molecule is C[C@H](Nc1c(-c2nc3cc(N4CCCCC4)ncc3[nH]2)c(=O)[nH]c2ccsc12)c1ncccn1.S. The summed E-state index contributed by atoms with van der Waals surface area (Å²) < 4.78 is 0.949. The second-order valence-corrected chi connectivity index (χ2v) is 9.45. The third kappa shape index (κ3) is 4.37. The van der Waals surface area contributed by atoms with Gasteiger partial charge in [-0.1, -0.05) is 0 Å². The first-order valence-corrected chi connectivity index (χ1v) is 12.3. The van der Waals surface area contributed by atoms with E-state index in [1.165, 1.54) is 19.3 Å². The fraction of sp³-hybridized carbons (Fsp3) is 0.292. The van der Waals surface area contributed by atoms with Gasteiger partial charge in [0.1, 0.15) is 23.0 Å². The summed E-state index contributed by atoms with van der Waals surface area (Å²) in [4.78, 5) is 40.1. The van der Waals surface area contributed by atoms with Crippen LogP contribution in [0.1, 0.15) is 38.1 Å². The van der Waals surface area contributed by atoms with Crippen LogP contribution in [0, 0.1) is 0 Å². The second kappa shape index (κ2) is 9.67. The lowest BCUT2D eigenvalue weighted by molar-refractivity contribution is 0.574. The second-order valence-electron chi connectivity index (χ2n) is 8.53. The van der Waals surface area contributed by atoms with Crippen LogP contribution in [0.4, 0.5) is 11.5 Å². The quantitative estimate of drug-likeness (QED) is 0.319. The van der Waals surface area contributed by atoms with Crippen LogP contribution >= 0.6 is 24.8 Å². The molecule has 3 N–H and O–H groups in total. The van der Waals surface area contributed by atoms with Crippen molar-refractivity contribution in [2.24, 2.45) is 0 Å². The number of anilines is 2. The van der Waals surface area contributed by atoms with Gasteiger partial charge >= 0.3 is 0 Å². The minimum absolute atomic E-state index is 0. The highest BCUT2D eigenvalue weighted by molar-refractivity contribution is 7.59. The van der Waals surface area contributed by atoms with E-state index in [0.717, 1.165) is 45.8 Å². The van der Waals surface area contributed by atoms with E-state index in [-0.39, 0.29) is 25.1 Å². The van der Waals surface area contributed by atoms with Crippen LogP contribution < -0.4 is 15.8 Å². The molecule has 0 saturated carbocycles. The third-order valence-electron chi connectivity index (χ3n) is 6.22. The van der Waals surface area contributed by atoms with Gasteiger partial charge < -0.3 is 20.2 Å². The summed E-state index contributed by atoms with van der Waals surface area (Å²) in [5, 5.41) is 5.45. The molecular formula is C24H26N8OS2. The molecule has 1 saturated heterocycles. The van der Waals surface area contributed by atoms with E-state index in [1.807, 2.05) is 24.4 Å². The number of thiophene rings is 1. The first kappa shape index (κ1) is 23.3. The number of imidazole rings is 1. The summed E-state index contributed by atoms with van der Waals surface area (Å²) in [5.41, 5.74) is 3.35. The predicted octanol–water partition coefficient (Wildman–Crippen LogP) is 4.59. The van der Waals surface area contributed by atoms with Gasteiger partial charge in [0.25, 0.3) is 5.56 Å². The Labute approximate surface area is 212 Å². The van der Waals surface area contributed by atoms with Gasteiger partial charge in [-0.2, -0.15) is 13.5 Å². The molecule has 1 atom stereocenters. The summed E-state index contributed by atoms with van der Waals surface area (Å²) >= 11 is 1.56. The van der Waals surface area contributed by atoms with Crippen LogP contribution in [0.2, 0.25) is 0 Å². The van der Waals surface area contributed by atoms with Gasteiger partial charge in [-0.05, 0) is 43.7 Å². The first-order chi connectivity index (χ1) is 16.7. The molecule has 1 aliphatic heterocycles. The Hall–Kier alpha value is -3.44. The minimum Gasteiger partial charge on any atom is -0.373 e. The molecule has 180 valence electrons. The summed E-state index contributed by atoms with van der Waals surface area (Å²) in [7, 11) is 0. The molecule has 35 heavy (non-hydrogen) atoms. The number of aromatic amines is 2. The average molecular weight is 507 g/mol. The number of piperidine rings is 1. The number of H-pyrrole nitrogens is 2. The molecule has 0 bridgehead atoms.